The summed E-state index contributed by atoms with van der Waals surface area (Å²) in [5.74, 6) is 0.984. The van der Waals surface area contributed by atoms with Crippen molar-refractivity contribution < 1.29 is 4.52 Å². The Bertz CT molecular complexity index is 633. The molecular weight excluding hydrogens is 307 g/mol. The second-order valence-corrected chi connectivity index (χ2v) is 6.54. The number of nitrogens with two attached hydrogens (primary N) is 1. The van der Waals surface area contributed by atoms with Crippen LogP contribution in [0.3, 0.4) is 0 Å². The number of anilines is 1. The third kappa shape index (κ3) is 3.19. The molecule has 0 aliphatic heterocycles. The van der Waals surface area contributed by atoms with Gasteiger partial charge in [-0.1, -0.05) is 66.5 Å². The van der Waals surface area contributed by atoms with E-state index in [-0.39, 0.29) is 0 Å². The van der Waals surface area contributed by atoms with Crippen molar-refractivity contribution in [3.05, 3.63) is 33.9 Å². The molecule has 3 nitrogen and oxygen atoms in total. The molecule has 0 atom stereocenters. The molecule has 3 rings (SSSR count). The maximum Gasteiger partial charge on any atom is 0.230 e. The summed E-state index contributed by atoms with van der Waals surface area (Å²) in [5, 5.41) is 5.33. The summed E-state index contributed by atoms with van der Waals surface area (Å²) in [6.45, 7) is 0. The fourth-order valence-corrected chi connectivity index (χ4v) is 3.63. The van der Waals surface area contributed by atoms with Crippen LogP contribution in [0.5, 0.6) is 0 Å². The highest BCUT2D eigenvalue weighted by molar-refractivity contribution is 6.36. The lowest BCUT2D eigenvalue weighted by atomic mass is 9.85. The maximum atomic E-state index is 6.30. The minimum Gasteiger partial charge on any atom is -0.367 e. The van der Waals surface area contributed by atoms with Crippen LogP contribution in [0.1, 0.15) is 37.8 Å². The number of rotatable bonds is 3. The third-order valence-corrected chi connectivity index (χ3v) is 4.74. The Morgan fingerprint density at radius 3 is 2.67 bits per heavy atom. The molecule has 1 aromatic heterocycles. The Balaban J connectivity index is 1.92. The van der Waals surface area contributed by atoms with Crippen LogP contribution in [-0.4, -0.2) is 5.16 Å². The topological polar surface area (TPSA) is 52.0 Å². The first-order chi connectivity index (χ1) is 10.1. The Kier molecular flexibility index (Phi) is 4.41. The minimum absolute atomic E-state index is 0.324. The van der Waals surface area contributed by atoms with Gasteiger partial charge in [0.05, 0.1) is 16.3 Å². The zero-order valence-corrected chi connectivity index (χ0v) is 13.3. The number of nitrogens with zero attached hydrogens (tertiary/aromatic N) is 1. The zero-order valence-electron chi connectivity index (χ0n) is 11.7. The molecule has 0 unspecified atom stereocenters. The molecule has 5 heteroatoms. The monoisotopic (exact) mass is 324 g/mol. The van der Waals surface area contributed by atoms with Crippen LogP contribution < -0.4 is 5.73 Å². The van der Waals surface area contributed by atoms with Crippen molar-refractivity contribution in [2.75, 3.05) is 5.73 Å². The molecule has 1 aromatic carbocycles. The highest BCUT2D eigenvalue weighted by Gasteiger charge is 2.22. The maximum absolute atomic E-state index is 6.30. The summed E-state index contributed by atoms with van der Waals surface area (Å²) < 4.78 is 5.21. The van der Waals surface area contributed by atoms with Crippen molar-refractivity contribution in [2.45, 2.75) is 38.5 Å². The van der Waals surface area contributed by atoms with Gasteiger partial charge in [0.15, 0.2) is 0 Å². The second kappa shape index (κ2) is 6.29. The largest absolute Gasteiger partial charge is 0.367 e. The zero-order chi connectivity index (χ0) is 14.8. The van der Waals surface area contributed by atoms with E-state index in [4.69, 9.17) is 33.5 Å². The van der Waals surface area contributed by atoms with Gasteiger partial charge in [-0.3, -0.25) is 0 Å². The smallest absolute Gasteiger partial charge is 0.230 e. The Morgan fingerprint density at radius 2 is 1.95 bits per heavy atom. The van der Waals surface area contributed by atoms with Crippen molar-refractivity contribution in [1.29, 1.82) is 0 Å². The van der Waals surface area contributed by atoms with Crippen LogP contribution in [0, 0.1) is 5.92 Å². The van der Waals surface area contributed by atoms with Crippen molar-refractivity contribution in [3.63, 3.8) is 0 Å². The van der Waals surface area contributed by atoms with E-state index in [1.807, 2.05) is 6.07 Å². The molecule has 1 aliphatic carbocycles. The summed E-state index contributed by atoms with van der Waals surface area (Å²) in [6.07, 6.45) is 7.34. The molecule has 2 N–H and O–H groups in total. The average Bonchev–Trinajstić information content (AvgIpc) is 2.81. The van der Waals surface area contributed by atoms with Crippen LogP contribution in [0.25, 0.3) is 11.1 Å². The van der Waals surface area contributed by atoms with E-state index >= 15 is 0 Å². The summed E-state index contributed by atoms with van der Waals surface area (Å²) in [6, 6.07) is 5.40. The SMILES string of the molecule is Nc1onc(CC2CCCCC2)c1-c1ccc(Cl)cc1Cl. The van der Waals surface area contributed by atoms with E-state index in [0.29, 0.717) is 21.8 Å². The highest BCUT2D eigenvalue weighted by Crippen LogP contribution is 2.38. The Morgan fingerprint density at radius 1 is 1.19 bits per heavy atom. The lowest BCUT2D eigenvalue weighted by Gasteiger charge is -2.20. The number of benzene rings is 1. The van der Waals surface area contributed by atoms with E-state index in [9.17, 15) is 0 Å². The highest BCUT2D eigenvalue weighted by atomic mass is 35.5. The fraction of sp³-hybridized carbons (Fsp3) is 0.438. The first kappa shape index (κ1) is 14.7. The normalized spacial score (nSPS) is 16.3. The summed E-state index contributed by atoms with van der Waals surface area (Å²) in [4.78, 5) is 0. The molecular formula is C16H18Cl2N2O. The van der Waals surface area contributed by atoms with Gasteiger partial charge in [0.1, 0.15) is 0 Å². The lowest BCUT2D eigenvalue weighted by Crippen LogP contribution is -2.10. The molecule has 2 aromatic rings. The first-order valence-corrected chi connectivity index (χ1v) is 8.10. The van der Waals surface area contributed by atoms with Gasteiger partial charge in [0.25, 0.3) is 0 Å². The summed E-state index contributed by atoms with van der Waals surface area (Å²) in [5.41, 5.74) is 8.53. The van der Waals surface area contributed by atoms with Crippen LogP contribution in [0.2, 0.25) is 10.0 Å². The Labute approximate surface area is 134 Å². The van der Waals surface area contributed by atoms with Gasteiger partial charge in [-0.15, -0.1) is 0 Å². The van der Waals surface area contributed by atoms with Crippen LogP contribution in [-0.2, 0) is 6.42 Å². The molecule has 0 bridgehead atoms. The fourth-order valence-electron chi connectivity index (χ4n) is 3.12. The van der Waals surface area contributed by atoms with E-state index in [1.165, 1.54) is 32.1 Å². The van der Waals surface area contributed by atoms with E-state index < -0.39 is 0 Å². The van der Waals surface area contributed by atoms with Gasteiger partial charge < -0.3 is 10.3 Å². The van der Waals surface area contributed by atoms with Gasteiger partial charge >= 0.3 is 0 Å². The lowest BCUT2D eigenvalue weighted by molar-refractivity contribution is 0.345. The number of nitrogen functional groups attached to an aromatic ring is 1. The van der Waals surface area contributed by atoms with Gasteiger partial charge in [-0.05, 0) is 24.5 Å². The van der Waals surface area contributed by atoms with Gasteiger partial charge in [0, 0.05) is 10.6 Å². The van der Waals surface area contributed by atoms with E-state index in [1.54, 1.807) is 12.1 Å². The molecule has 0 amide bonds. The van der Waals surface area contributed by atoms with Crippen LogP contribution in [0.4, 0.5) is 5.88 Å². The quantitative estimate of drug-likeness (QED) is 0.827. The average molecular weight is 325 g/mol. The molecule has 0 radical (unpaired) electrons. The summed E-state index contributed by atoms with van der Waals surface area (Å²) >= 11 is 12.3. The second-order valence-electron chi connectivity index (χ2n) is 5.70. The van der Waals surface area contributed by atoms with Crippen LogP contribution in [0.15, 0.2) is 22.7 Å². The molecule has 21 heavy (non-hydrogen) atoms. The third-order valence-electron chi connectivity index (χ3n) is 4.20. The number of hydrogen-bond donors (Lipinski definition) is 1. The number of aromatic nitrogens is 1. The van der Waals surface area contributed by atoms with E-state index in [2.05, 4.69) is 5.16 Å². The molecule has 1 aliphatic rings. The van der Waals surface area contributed by atoms with Gasteiger partial charge in [0.2, 0.25) is 5.88 Å². The molecule has 0 spiro atoms. The number of hydrogen-bond acceptors (Lipinski definition) is 3. The van der Waals surface area contributed by atoms with Crippen molar-refractivity contribution >= 4 is 29.1 Å². The van der Waals surface area contributed by atoms with Gasteiger partial charge in [-0.2, -0.15) is 0 Å². The molecule has 1 saturated carbocycles. The van der Waals surface area contributed by atoms with E-state index in [0.717, 1.165) is 23.2 Å². The Hall–Kier alpha value is -1.19. The standard InChI is InChI=1S/C16H18Cl2N2O/c17-11-6-7-12(13(18)9-11)15-14(20-21-16(15)19)8-10-4-2-1-3-5-10/h6-7,9-10H,1-5,8,19H2. The summed E-state index contributed by atoms with van der Waals surface area (Å²) in [7, 11) is 0. The molecule has 1 fully saturated rings. The predicted molar refractivity (Wildman–Crippen MR) is 86.7 cm³/mol. The minimum atomic E-state index is 0.324. The van der Waals surface area contributed by atoms with Crippen LogP contribution >= 0.6 is 23.2 Å². The first-order valence-electron chi connectivity index (χ1n) is 7.34. The molecule has 1 heterocycles. The van der Waals surface area contributed by atoms with Crippen molar-refractivity contribution in [1.82, 2.24) is 5.16 Å². The molecule has 112 valence electrons. The molecule has 0 saturated heterocycles. The van der Waals surface area contributed by atoms with Crippen molar-refractivity contribution in [2.24, 2.45) is 5.92 Å². The predicted octanol–water partition coefficient (Wildman–Crippen LogP) is 5.35. The van der Waals surface area contributed by atoms with Gasteiger partial charge in [-0.25, -0.2) is 0 Å². The number of halogens is 2. The van der Waals surface area contributed by atoms with Crippen molar-refractivity contribution in [3.8, 4) is 11.1 Å².